The van der Waals surface area contributed by atoms with Crippen LogP contribution in [0.4, 0.5) is 0 Å². The van der Waals surface area contributed by atoms with E-state index in [1.54, 1.807) is 24.3 Å². The van der Waals surface area contributed by atoms with Crippen LogP contribution in [-0.4, -0.2) is 26.9 Å². The monoisotopic (exact) mass is 468 g/mol. The van der Waals surface area contributed by atoms with Gasteiger partial charge in [0.05, 0.1) is 23.7 Å². The van der Waals surface area contributed by atoms with E-state index < -0.39 is 28.5 Å². The highest BCUT2D eigenvalue weighted by Gasteiger charge is 2.14. The van der Waals surface area contributed by atoms with E-state index in [0.29, 0.717) is 11.3 Å². The predicted molar refractivity (Wildman–Crippen MR) is 122 cm³/mol. The lowest BCUT2D eigenvalue weighted by atomic mass is 10.1. The number of sulfonamides is 1. The number of amides is 1. The Kier molecular flexibility index (Phi) is 8.17. The predicted octanol–water partition coefficient (Wildman–Crippen LogP) is 3.19. The van der Waals surface area contributed by atoms with Crippen molar-refractivity contribution in [1.29, 1.82) is 0 Å². The van der Waals surface area contributed by atoms with E-state index in [2.05, 4.69) is 10.0 Å². The van der Waals surface area contributed by atoms with E-state index >= 15 is 0 Å². The van der Waals surface area contributed by atoms with Gasteiger partial charge in [-0.05, 0) is 48.4 Å². The second-order valence-corrected chi connectivity index (χ2v) is 8.88. The lowest BCUT2D eigenvalue weighted by molar-refractivity contribution is -0.144. The Bertz CT molecular complexity index is 1190. The van der Waals surface area contributed by atoms with Crippen molar-refractivity contribution in [2.24, 2.45) is 0 Å². The summed E-state index contributed by atoms with van der Waals surface area (Å²) in [5.74, 6) is -0.598. The average Bonchev–Trinajstić information content (AvgIpc) is 3.35. The Morgan fingerprint density at radius 1 is 1.03 bits per heavy atom. The van der Waals surface area contributed by atoms with Crippen LogP contribution in [0.3, 0.4) is 0 Å². The number of rotatable bonds is 10. The third-order valence-corrected chi connectivity index (χ3v) is 6.06. The van der Waals surface area contributed by atoms with E-state index in [0.717, 1.165) is 5.56 Å². The third-order valence-electron chi connectivity index (χ3n) is 4.64. The van der Waals surface area contributed by atoms with Crippen LogP contribution in [0.25, 0.3) is 6.08 Å². The van der Waals surface area contributed by atoms with E-state index in [1.807, 2.05) is 37.3 Å². The van der Waals surface area contributed by atoms with Crippen LogP contribution in [0.5, 0.6) is 0 Å². The van der Waals surface area contributed by atoms with Gasteiger partial charge in [-0.3, -0.25) is 4.79 Å². The van der Waals surface area contributed by atoms with Crippen LogP contribution >= 0.6 is 0 Å². The first kappa shape index (κ1) is 24.0. The number of carbonyl (C=O) groups excluding carboxylic acids is 2. The number of ether oxygens (including phenoxy) is 1. The van der Waals surface area contributed by atoms with Gasteiger partial charge < -0.3 is 14.5 Å². The number of carbonyl (C=O) groups is 2. The van der Waals surface area contributed by atoms with Gasteiger partial charge in [-0.2, -0.15) is 0 Å². The van der Waals surface area contributed by atoms with Crippen molar-refractivity contribution >= 4 is 28.0 Å². The van der Waals surface area contributed by atoms with Gasteiger partial charge in [-0.1, -0.05) is 42.5 Å². The molecule has 1 amide bonds. The van der Waals surface area contributed by atoms with Crippen molar-refractivity contribution < 1.29 is 27.2 Å². The Morgan fingerprint density at radius 2 is 1.76 bits per heavy atom. The van der Waals surface area contributed by atoms with Crippen LogP contribution in [0, 0.1) is 0 Å². The lowest BCUT2D eigenvalue weighted by Crippen LogP contribution is -2.30. The van der Waals surface area contributed by atoms with Gasteiger partial charge >= 0.3 is 5.97 Å². The van der Waals surface area contributed by atoms with Gasteiger partial charge in [0.2, 0.25) is 10.0 Å². The summed E-state index contributed by atoms with van der Waals surface area (Å²) >= 11 is 0. The fourth-order valence-corrected chi connectivity index (χ4v) is 3.87. The zero-order valence-electron chi connectivity index (χ0n) is 17.9. The van der Waals surface area contributed by atoms with Crippen molar-refractivity contribution in [2.75, 3.05) is 6.61 Å². The quantitative estimate of drug-likeness (QED) is 0.349. The molecule has 0 aliphatic heterocycles. The summed E-state index contributed by atoms with van der Waals surface area (Å²) < 4.78 is 37.2. The lowest BCUT2D eigenvalue weighted by Gasteiger charge is -2.13. The maximum atomic E-state index is 12.3. The fraction of sp³-hybridized carbons (Fsp3) is 0.167. The minimum Gasteiger partial charge on any atom is -0.468 e. The molecule has 9 heteroatoms. The highest BCUT2D eigenvalue weighted by atomic mass is 32.2. The second kappa shape index (κ2) is 11.3. The summed E-state index contributed by atoms with van der Waals surface area (Å²) in [7, 11) is -3.70. The minimum absolute atomic E-state index is 0.0422. The molecule has 0 spiro atoms. The minimum atomic E-state index is -3.70. The molecule has 172 valence electrons. The first-order valence-corrected chi connectivity index (χ1v) is 11.6. The Hall–Kier alpha value is -3.69. The molecule has 0 radical (unpaired) electrons. The first-order chi connectivity index (χ1) is 15.8. The van der Waals surface area contributed by atoms with Gasteiger partial charge in [0, 0.05) is 6.08 Å². The molecule has 0 aliphatic carbocycles. The van der Waals surface area contributed by atoms with Crippen molar-refractivity contribution in [3.8, 4) is 0 Å². The molecule has 0 saturated heterocycles. The Balaban J connectivity index is 1.46. The van der Waals surface area contributed by atoms with E-state index in [1.165, 1.54) is 30.5 Å². The molecule has 0 aliphatic rings. The summed E-state index contributed by atoms with van der Waals surface area (Å²) in [6, 6.07) is 18.5. The SMILES string of the molecule is CC(NC(=O)COC(=O)C=Cc1ccc(S(=O)(=O)NCc2ccco2)cc1)c1ccccc1. The van der Waals surface area contributed by atoms with Gasteiger partial charge in [0.15, 0.2) is 6.61 Å². The van der Waals surface area contributed by atoms with Gasteiger partial charge in [-0.25, -0.2) is 17.9 Å². The third kappa shape index (κ3) is 7.44. The fourth-order valence-electron chi connectivity index (χ4n) is 2.88. The first-order valence-electron chi connectivity index (χ1n) is 10.1. The smallest absolute Gasteiger partial charge is 0.331 e. The summed E-state index contributed by atoms with van der Waals surface area (Å²) in [6.07, 6.45) is 4.11. The number of nitrogens with one attached hydrogen (secondary N) is 2. The van der Waals surface area contributed by atoms with Gasteiger partial charge in [0.1, 0.15) is 5.76 Å². The zero-order valence-corrected chi connectivity index (χ0v) is 18.7. The molecule has 33 heavy (non-hydrogen) atoms. The molecule has 0 bridgehead atoms. The summed E-state index contributed by atoms with van der Waals surface area (Å²) in [6.45, 7) is 1.48. The average molecular weight is 469 g/mol. The van der Waals surface area contributed by atoms with Crippen molar-refractivity contribution in [2.45, 2.75) is 24.4 Å². The molecule has 0 fully saturated rings. The molecule has 8 nitrogen and oxygen atoms in total. The van der Waals surface area contributed by atoms with Gasteiger partial charge in [0.25, 0.3) is 5.91 Å². The Labute approximate surface area is 192 Å². The highest BCUT2D eigenvalue weighted by Crippen LogP contribution is 2.13. The van der Waals surface area contributed by atoms with E-state index in [-0.39, 0.29) is 17.5 Å². The van der Waals surface area contributed by atoms with Crippen molar-refractivity contribution in [1.82, 2.24) is 10.0 Å². The van der Waals surface area contributed by atoms with Crippen LogP contribution in [0.1, 0.15) is 29.9 Å². The number of furan rings is 1. The van der Waals surface area contributed by atoms with Crippen LogP contribution < -0.4 is 10.0 Å². The van der Waals surface area contributed by atoms with Crippen LogP contribution in [-0.2, 0) is 30.9 Å². The number of benzene rings is 2. The molecular weight excluding hydrogens is 444 g/mol. The molecule has 1 aromatic heterocycles. The number of esters is 1. The van der Waals surface area contributed by atoms with Crippen LogP contribution in [0.15, 0.2) is 88.4 Å². The van der Waals surface area contributed by atoms with Crippen molar-refractivity contribution in [3.63, 3.8) is 0 Å². The molecule has 2 N–H and O–H groups in total. The molecule has 3 rings (SSSR count). The number of hydrogen-bond donors (Lipinski definition) is 2. The van der Waals surface area contributed by atoms with Crippen LogP contribution in [0.2, 0.25) is 0 Å². The maximum Gasteiger partial charge on any atom is 0.331 e. The molecule has 2 aromatic carbocycles. The molecule has 1 unspecified atom stereocenters. The zero-order chi connectivity index (χ0) is 23.7. The summed E-state index contributed by atoms with van der Waals surface area (Å²) in [5.41, 5.74) is 1.54. The van der Waals surface area contributed by atoms with E-state index in [4.69, 9.17) is 9.15 Å². The molecule has 3 aromatic rings. The van der Waals surface area contributed by atoms with Crippen molar-refractivity contribution in [3.05, 3.63) is 96.0 Å². The standard InChI is InChI=1S/C24H24N2O6S/c1-18(20-6-3-2-4-7-20)26-23(27)17-32-24(28)14-11-19-9-12-22(13-10-19)33(29,30)25-16-21-8-5-15-31-21/h2-15,18,25H,16-17H2,1H3,(H,26,27). The largest absolute Gasteiger partial charge is 0.468 e. The highest BCUT2D eigenvalue weighted by molar-refractivity contribution is 7.89. The van der Waals surface area contributed by atoms with Gasteiger partial charge in [-0.15, -0.1) is 0 Å². The summed E-state index contributed by atoms with van der Waals surface area (Å²) in [5, 5.41) is 2.76. The molecule has 1 heterocycles. The molecular formula is C24H24N2O6S. The van der Waals surface area contributed by atoms with E-state index in [9.17, 15) is 18.0 Å². The second-order valence-electron chi connectivity index (χ2n) is 7.11. The molecule has 1 atom stereocenters. The Morgan fingerprint density at radius 3 is 2.42 bits per heavy atom. The summed E-state index contributed by atoms with van der Waals surface area (Å²) in [4.78, 5) is 24.0. The normalized spacial score (nSPS) is 12.4. The maximum absolute atomic E-state index is 12.3. The number of hydrogen-bond acceptors (Lipinski definition) is 6. The molecule has 0 saturated carbocycles. The topological polar surface area (TPSA) is 115 Å².